The van der Waals surface area contributed by atoms with Crippen molar-refractivity contribution in [1.82, 2.24) is 4.90 Å². The maximum Gasteiger partial charge on any atom is 0.127 e. The number of benzene rings is 2. The van der Waals surface area contributed by atoms with E-state index in [4.69, 9.17) is 31.5 Å². The summed E-state index contributed by atoms with van der Waals surface area (Å²) in [5, 5.41) is 0. The summed E-state index contributed by atoms with van der Waals surface area (Å²) in [5.74, 6) is 1.65. The molecule has 0 bridgehead atoms. The Morgan fingerprint density at radius 2 is 1.72 bits per heavy atom. The van der Waals surface area contributed by atoms with Crippen LogP contribution in [0.4, 0.5) is 0 Å². The van der Waals surface area contributed by atoms with Gasteiger partial charge >= 0.3 is 0 Å². The predicted molar refractivity (Wildman–Crippen MR) is 127 cm³/mol. The summed E-state index contributed by atoms with van der Waals surface area (Å²) in [6, 6.07) is 12.9. The van der Waals surface area contributed by atoms with Crippen molar-refractivity contribution in [2.24, 2.45) is 5.73 Å². The monoisotopic (exact) mass is 460 g/mol. The first kappa shape index (κ1) is 24.4. The molecule has 1 saturated heterocycles. The molecule has 32 heavy (non-hydrogen) atoms. The molecule has 0 saturated carbocycles. The zero-order valence-corrected chi connectivity index (χ0v) is 19.6. The van der Waals surface area contributed by atoms with Crippen LogP contribution in [0.2, 0.25) is 0 Å². The Kier molecular flexibility index (Phi) is 9.21. The maximum atomic E-state index is 12.0. The quantitative estimate of drug-likeness (QED) is 0.305. The van der Waals surface area contributed by atoms with Crippen molar-refractivity contribution in [2.75, 3.05) is 27.3 Å². The van der Waals surface area contributed by atoms with Gasteiger partial charge < -0.3 is 24.7 Å². The molecule has 1 heterocycles. The highest BCUT2D eigenvalue weighted by atomic mass is 35.5. The van der Waals surface area contributed by atoms with Gasteiger partial charge in [-0.3, -0.25) is 4.90 Å². The van der Waals surface area contributed by atoms with E-state index in [2.05, 4.69) is 4.90 Å². The molecule has 2 aromatic rings. The van der Waals surface area contributed by atoms with Gasteiger partial charge in [0.15, 0.2) is 0 Å². The van der Waals surface area contributed by atoms with Gasteiger partial charge in [0.2, 0.25) is 0 Å². The molecule has 0 radical (unpaired) electrons. The molecule has 2 N–H and O–H groups in total. The highest BCUT2D eigenvalue weighted by Crippen LogP contribution is 2.31. The van der Waals surface area contributed by atoms with Crippen molar-refractivity contribution in [3.63, 3.8) is 0 Å². The van der Waals surface area contributed by atoms with Crippen LogP contribution in [0.25, 0.3) is 0 Å². The summed E-state index contributed by atoms with van der Waals surface area (Å²) < 4.78 is 16.8. The number of halogens is 1. The Bertz CT molecular complexity index is 851. The normalized spacial score (nSPS) is 17.2. The smallest absolute Gasteiger partial charge is 0.127 e. The highest BCUT2D eigenvalue weighted by molar-refractivity contribution is 6.20. The topological polar surface area (TPSA) is 74.0 Å². The van der Waals surface area contributed by atoms with Crippen molar-refractivity contribution in [1.29, 1.82) is 0 Å². The summed E-state index contributed by atoms with van der Waals surface area (Å²) in [6.07, 6.45) is 4.91. The molecule has 7 heteroatoms. The van der Waals surface area contributed by atoms with Crippen LogP contribution < -0.4 is 19.9 Å². The number of nitrogens with two attached hydrogens (primary N) is 1. The van der Waals surface area contributed by atoms with Crippen molar-refractivity contribution >= 4 is 17.9 Å². The van der Waals surface area contributed by atoms with Crippen molar-refractivity contribution in [2.45, 2.75) is 49.8 Å². The van der Waals surface area contributed by atoms with Gasteiger partial charge in [-0.2, -0.15) is 0 Å². The number of alkyl halides is 1. The lowest BCUT2D eigenvalue weighted by molar-refractivity contribution is -0.109. The van der Waals surface area contributed by atoms with Crippen LogP contribution in [0, 0.1) is 0 Å². The second-order valence-corrected chi connectivity index (χ2v) is 8.61. The lowest BCUT2D eigenvalue weighted by Gasteiger charge is -2.34. The molecule has 0 aromatic heterocycles. The average Bonchev–Trinajstić information content (AvgIpc) is 2.85. The van der Waals surface area contributed by atoms with Gasteiger partial charge in [0.25, 0.3) is 0 Å². The zero-order valence-electron chi connectivity index (χ0n) is 18.8. The third-order valence-corrected chi connectivity index (χ3v) is 6.51. The van der Waals surface area contributed by atoms with Crippen LogP contribution in [0.15, 0.2) is 42.5 Å². The summed E-state index contributed by atoms with van der Waals surface area (Å²) in [5.41, 5.74) is 7.88. The highest BCUT2D eigenvalue weighted by Gasteiger charge is 2.28. The molecule has 0 aliphatic carbocycles. The van der Waals surface area contributed by atoms with Crippen LogP contribution in [-0.2, 0) is 11.4 Å². The van der Waals surface area contributed by atoms with Crippen molar-refractivity contribution < 1.29 is 19.0 Å². The lowest BCUT2D eigenvalue weighted by atomic mass is 9.92. The molecule has 0 amide bonds. The van der Waals surface area contributed by atoms with Gasteiger partial charge in [-0.25, -0.2) is 0 Å². The number of hydrogen-bond acceptors (Lipinski definition) is 6. The van der Waals surface area contributed by atoms with E-state index in [0.29, 0.717) is 30.3 Å². The molecule has 3 unspecified atom stereocenters. The average molecular weight is 461 g/mol. The Labute approximate surface area is 195 Å². The van der Waals surface area contributed by atoms with E-state index in [1.54, 1.807) is 14.2 Å². The number of carbonyl (C=O) groups excluding carboxylic acids is 1. The van der Waals surface area contributed by atoms with Crippen LogP contribution in [-0.4, -0.2) is 50.0 Å². The first-order chi connectivity index (χ1) is 15.5. The predicted octanol–water partition coefficient (Wildman–Crippen LogP) is 4.33. The van der Waals surface area contributed by atoms with E-state index in [1.165, 1.54) is 6.42 Å². The number of ether oxygens (including phenoxy) is 3. The number of rotatable bonds is 11. The minimum absolute atomic E-state index is 0.282. The molecule has 1 fully saturated rings. The standard InChI is InChI=1S/C25H33ClN2O4/c1-30-20-12-18(13-21(15-20)31-2)17-32-24-9-5-4-8-22(24)19(16-29)14-23(27)25(26)28-10-6-3-7-11-28/h4-5,8-9,12-13,15-16,19,23,25H,3,6-7,10-11,14,17,27H2,1-2H3. The zero-order chi connectivity index (χ0) is 22.9. The number of piperidine rings is 1. The molecule has 3 rings (SSSR count). The van der Waals surface area contributed by atoms with E-state index >= 15 is 0 Å². The molecule has 3 atom stereocenters. The van der Waals surface area contributed by atoms with Gasteiger partial charge in [0.05, 0.1) is 14.2 Å². The molecule has 1 aliphatic rings. The van der Waals surface area contributed by atoms with Gasteiger partial charge in [0.1, 0.15) is 35.6 Å². The fourth-order valence-corrected chi connectivity index (χ4v) is 4.42. The van der Waals surface area contributed by atoms with E-state index in [9.17, 15) is 4.79 Å². The summed E-state index contributed by atoms with van der Waals surface area (Å²) in [7, 11) is 3.22. The minimum Gasteiger partial charge on any atom is -0.497 e. The van der Waals surface area contributed by atoms with Crippen LogP contribution >= 0.6 is 11.6 Å². The van der Waals surface area contributed by atoms with E-state index in [-0.39, 0.29) is 11.5 Å². The van der Waals surface area contributed by atoms with E-state index in [0.717, 1.165) is 43.3 Å². The fourth-order valence-electron chi connectivity index (χ4n) is 4.13. The molecular formula is C25H33ClN2O4. The SMILES string of the molecule is COc1cc(COc2ccccc2C(C=O)CC(N)C(Cl)N2CCCCC2)cc(OC)c1. The largest absolute Gasteiger partial charge is 0.497 e. The van der Waals surface area contributed by atoms with Crippen molar-refractivity contribution in [3.05, 3.63) is 53.6 Å². The molecule has 174 valence electrons. The molecular weight excluding hydrogens is 428 g/mol. The number of para-hydroxylation sites is 1. The number of nitrogens with zero attached hydrogens (tertiary/aromatic N) is 1. The van der Waals surface area contributed by atoms with Crippen LogP contribution in [0.5, 0.6) is 17.2 Å². The number of methoxy groups -OCH3 is 2. The first-order valence-electron chi connectivity index (χ1n) is 11.1. The van der Waals surface area contributed by atoms with Gasteiger partial charge in [0, 0.05) is 23.6 Å². The first-order valence-corrected chi connectivity index (χ1v) is 11.5. The van der Waals surface area contributed by atoms with Crippen LogP contribution in [0.1, 0.15) is 42.7 Å². The number of likely N-dealkylation sites (tertiary alicyclic amines) is 1. The Morgan fingerprint density at radius 3 is 2.34 bits per heavy atom. The van der Waals surface area contributed by atoms with E-state index in [1.807, 2.05) is 42.5 Å². The number of aldehydes is 1. The lowest BCUT2D eigenvalue weighted by Crippen LogP contribution is -2.47. The molecule has 6 nitrogen and oxygen atoms in total. The number of carbonyl (C=O) groups is 1. The summed E-state index contributed by atoms with van der Waals surface area (Å²) >= 11 is 6.67. The van der Waals surface area contributed by atoms with Gasteiger partial charge in [-0.1, -0.05) is 24.6 Å². The third kappa shape index (κ3) is 6.37. The minimum atomic E-state index is -0.396. The Balaban J connectivity index is 1.70. The maximum absolute atomic E-state index is 12.0. The second kappa shape index (κ2) is 12.1. The molecule has 0 spiro atoms. The summed E-state index contributed by atoms with van der Waals surface area (Å²) in [4.78, 5) is 14.3. The Morgan fingerprint density at radius 1 is 1.06 bits per heavy atom. The third-order valence-electron chi connectivity index (χ3n) is 5.91. The molecule has 2 aromatic carbocycles. The summed E-state index contributed by atoms with van der Waals surface area (Å²) in [6.45, 7) is 2.22. The second-order valence-electron chi connectivity index (χ2n) is 8.16. The van der Waals surface area contributed by atoms with Gasteiger partial charge in [-0.05, 0) is 56.1 Å². The van der Waals surface area contributed by atoms with Crippen LogP contribution in [0.3, 0.4) is 0 Å². The number of hydrogen-bond donors (Lipinski definition) is 1. The van der Waals surface area contributed by atoms with E-state index < -0.39 is 5.92 Å². The molecule has 1 aliphatic heterocycles. The Hall–Kier alpha value is -2.28. The van der Waals surface area contributed by atoms with Gasteiger partial charge in [-0.15, -0.1) is 11.6 Å². The van der Waals surface area contributed by atoms with Crippen molar-refractivity contribution in [3.8, 4) is 17.2 Å². The fraction of sp³-hybridized carbons (Fsp3) is 0.480.